The van der Waals surface area contributed by atoms with Crippen LogP contribution in [0.1, 0.15) is 13.8 Å². The molecule has 1 aromatic heterocycles. The molecule has 0 amide bonds. The SMILES string of the molecule is CN(C)C(C)(C)COc1ncncc1I. The fourth-order valence-corrected chi connectivity index (χ4v) is 1.24. The van der Waals surface area contributed by atoms with Gasteiger partial charge in [0.05, 0.1) is 3.57 Å². The highest BCUT2D eigenvalue weighted by molar-refractivity contribution is 14.1. The Morgan fingerprint density at radius 1 is 1.47 bits per heavy atom. The minimum Gasteiger partial charge on any atom is -0.475 e. The van der Waals surface area contributed by atoms with Gasteiger partial charge >= 0.3 is 0 Å². The van der Waals surface area contributed by atoms with Gasteiger partial charge in [-0.25, -0.2) is 9.97 Å². The summed E-state index contributed by atoms with van der Waals surface area (Å²) in [6.45, 7) is 4.86. The van der Waals surface area contributed by atoms with Gasteiger partial charge in [-0.1, -0.05) is 0 Å². The molecule has 5 heteroatoms. The molecule has 0 N–H and O–H groups in total. The maximum atomic E-state index is 5.66. The Balaban J connectivity index is 2.62. The Labute approximate surface area is 104 Å². The third kappa shape index (κ3) is 3.57. The summed E-state index contributed by atoms with van der Waals surface area (Å²) in [5, 5.41) is 0. The van der Waals surface area contributed by atoms with E-state index in [1.165, 1.54) is 6.33 Å². The van der Waals surface area contributed by atoms with Crippen molar-refractivity contribution in [2.75, 3.05) is 20.7 Å². The third-order valence-corrected chi connectivity index (χ3v) is 3.15. The van der Waals surface area contributed by atoms with E-state index in [1.807, 2.05) is 14.1 Å². The zero-order chi connectivity index (χ0) is 11.5. The predicted molar refractivity (Wildman–Crippen MR) is 68.0 cm³/mol. The first-order valence-electron chi connectivity index (χ1n) is 4.69. The quantitative estimate of drug-likeness (QED) is 0.793. The van der Waals surface area contributed by atoms with Crippen LogP contribution in [-0.4, -0.2) is 41.1 Å². The lowest BCUT2D eigenvalue weighted by Gasteiger charge is -2.31. The van der Waals surface area contributed by atoms with Crippen molar-refractivity contribution in [3.8, 4) is 5.88 Å². The molecule has 0 fully saturated rings. The molecule has 1 aromatic rings. The Bertz CT molecular complexity index is 328. The molecular weight excluding hydrogens is 305 g/mol. The molecular formula is C10H16IN3O. The molecule has 0 aliphatic rings. The summed E-state index contributed by atoms with van der Waals surface area (Å²) >= 11 is 2.17. The van der Waals surface area contributed by atoms with Gasteiger partial charge in [-0.3, -0.25) is 0 Å². The lowest BCUT2D eigenvalue weighted by molar-refractivity contribution is 0.110. The van der Waals surface area contributed by atoms with Gasteiger partial charge in [0, 0.05) is 11.7 Å². The highest BCUT2D eigenvalue weighted by Crippen LogP contribution is 2.18. The minimum absolute atomic E-state index is 0.00592. The van der Waals surface area contributed by atoms with Gasteiger partial charge in [0.1, 0.15) is 12.9 Å². The van der Waals surface area contributed by atoms with E-state index >= 15 is 0 Å². The Morgan fingerprint density at radius 2 is 2.13 bits per heavy atom. The summed E-state index contributed by atoms with van der Waals surface area (Å²) in [5.41, 5.74) is -0.00592. The average molecular weight is 321 g/mol. The van der Waals surface area contributed by atoms with Crippen LogP contribution in [0.2, 0.25) is 0 Å². The summed E-state index contributed by atoms with van der Waals surface area (Å²) in [6.07, 6.45) is 3.24. The van der Waals surface area contributed by atoms with E-state index in [2.05, 4.69) is 51.3 Å². The second-order valence-corrected chi connectivity index (χ2v) is 5.33. The summed E-state index contributed by atoms with van der Waals surface area (Å²) in [5.74, 6) is 0.653. The number of aromatic nitrogens is 2. The first-order chi connectivity index (χ1) is 6.93. The lowest BCUT2D eigenvalue weighted by atomic mass is 10.1. The van der Waals surface area contributed by atoms with E-state index in [4.69, 9.17) is 4.74 Å². The van der Waals surface area contributed by atoms with Crippen molar-refractivity contribution in [1.82, 2.24) is 14.9 Å². The average Bonchev–Trinajstić information content (AvgIpc) is 2.16. The smallest absolute Gasteiger partial charge is 0.230 e. The predicted octanol–water partition coefficient (Wildman–Crippen LogP) is 1.80. The monoisotopic (exact) mass is 321 g/mol. The van der Waals surface area contributed by atoms with E-state index in [0.717, 1.165) is 3.57 Å². The van der Waals surface area contributed by atoms with Crippen LogP contribution in [0, 0.1) is 3.57 Å². The molecule has 1 heterocycles. The zero-order valence-electron chi connectivity index (χ0n) is 9.49. The van der Waals surface area contributed by atoms with Crippen molar-refractivity contribution >= 4 is 22.6 Å². The lowest BCUT2D eigenvalue weighted by Crippen LogP contribution is -2.43. The van der Waals surface area contributed by atoms with Crippen molar-refractivity contribution in [2.45, 2.75) is 19.4 Å². The highest BCUT2D eigenvalue weighted by Gasteiger charge is 2.21. The fraction of sp³-hybridized carbons (Fsp3) is 0.600. The Morgan fingerprint density at radius 3 is 2.67 bits per heavy atom. The largest absolute Gasteiger partial charge is 0.475 e. The van der Waals surface area contributed by atoms with Crippen molar-refractivity contribution < 1.29 is 4.74 Å². The molecule has 0 aliphatic heterocycles. The molecule has 15 heavy (non-hydrogen) atoms. The molecule has 0 aliphatic carbocycles. The van der Waals surface area contributed by atoms with Crippen LogP contribution in [0.4, 0.5) is 0 Å². The number of nitrogens with zero attached hydrogens (tertiary/aromatic N) is 3. The van der Waals surface area contributed by atoms with Crippen LogP contribution in [0.5, 0.6) is 5.88 Å². The van der Waals surface area contributed by atoms with Gasteiger partial charge in [0.25, 0.3) is 0 Å². The van der Waals surface area contributed by atoms with Crippen molar-refractivity contribution in [1.29, 1.82) is 0 Å². The summed E-state index contributed by atoms with van der Waals surface area (Å²) < 4.78 is 6.60. The Hall–Kier alpha value is -0.430. The van der Waals surface area contributed by atoms with Gasteiger partial charge in [0.2, 0.25) is 5.88 Å². The number of ether oxygens (including phenoxy) is 1. The van der Waals surface area contributed by atoms with Crippen LogP contribution in [0.25, 0.3) is 0 Å². The van der Waals surface area contributed by atoms with Crippen molar-refractivity contribution in [3.05, 3.63) is 16.1 Å². The molecule has 0 spiro atoms. The van der Waals surface area contributed by atoms with Crippen LogP contribution in [0.3, 0.4) is 0 Å². The topological polar surface area (TPSA) is 38.2 Å². The van der Waals surface area contributed by atoms with Crippen molar-refractivity contribution in [3.63, 3.8) is 0 Å². The molecule has 0 unspecified atom stereocenters. The first kappa shape index (κ1) is 12.6. The highest BCUT2D eigenvalue weighted by atomic mass is 127. The second kappa shape index (κ2) is 5.07. The van der Waals surface area contributed by atoms with E-state index < -0.39 is 0 Å². The van der Waals surface area contributed by atoms with Gasteiger partial charge in [0.15, 0.2) is 0 Å². The van der Waals surface area contributed by atoms with Gasteiger partial charge in [-0.15, -0.1) is 0 Å². The van der Waals surface area contributed by atoms with Gasteiger partial charge in [-0.05, 0) is 50.5 Å². The first-order valence-corrected chi connectivity index (χ1v) is 5.77. The van der Waals surface area contributed by atoms with E-state index in [9.17, 15) is 0 Å². The van der Waals surface area contributed by atoms with Crippen LogP contribution in [0.15, 0.2) is 12.5 Å². The summed E-state index contributed by atoms with van der Waals surface area (Å²) in [4.78, 5) is 10.1. The molecule has 1 rings (SSSR count). The molecule has 0 atom stereocenters. The maximum Gasteiger partial charge on any atom is 0.230 e. The molecule has 84 valence electrons. The molecule has 0 saturated carbocycles. The molecule has 0 bridgehead atoms. The number of rotatable bonds is 4. The van der Waals surface area contributed by atoms with Gasteiger partial charge in [-0.2, -0.15) is 0 Å². The number of likely N-dealkylation sites (N-methyl/N-ethyl adjacent to an activating group) is 1. The van der Waals surface area contributed by atoms with E-state index in [0.29, 0.717) is 12.5 Å². The molecule has 0 saturated heterocycles. The zero-order valence-corrected chi connectivity index (χ0v) is 11.6. The number of hydrogen-bond donors (Lipinski definition) is 0. The number of halogens is 1. The van der Waals surface area contributed by atoms with Crippen LogP contribution >= 0.6 is 22.6 Å². The molecule has 0 aromatic carbocycles. The Kier molecular flexibility index (Phi) is 4.27. The molecule has 0 radical (unpaired) electrons. The van der Waals surface area contributed by atoms with E-state index in [1.54, 1.807) is 6.20 Å². The standard InChI is InChI=1S/C10H16IN3O/c1-10(2,14(3)4)6-15-9-8(11)5-12-7-13-9/h5,7H,6H2,1-4H3. The van der Waals surface area contributed by atoms with Crippen LogP contribution in [-0.2, 0) is 0 Å². The molecule has 4 nitrogen and oxygen atoms in total. The second-order valence-electron chi connectivity index (χ2n) is 4.17. The van der Waals surface area contributed by atoms with E-state index in [-0.39, 0.29) is 5.54 Å². The third-order valence-electron chi connectivity index (χ3n) is 2.41. The maximum absolute atomic E-state index is 5.66. The fourth-order valence-electron chi connectivity index (χ4n) is 0.782. The minimum atomic E-state index is -0.00592. The van der Waals surface area contributed by atoms with Crippen LogP contribution < -0.4 is 4.74 Å². The number of hydrogen-bond acceptors (Lipinski definition) is 4. The van der Waals surface area contributed by atoms with Gasteiger partial charge < -0.3 is 9.64 Å². The summed E-state index contributed by atoms with van der Waals surface area (Å²) in [6, 6.07) is 0. The normalized spacial score (nSPS) is 11.9. The summed E-state index contributed by atoms with van der Waals surface area (Å²) in [7, 11) is 4.07. The van der Waals surface area contributed by atoms with Crippen molar-refractivity contribution in [2.24, 2.45) is 0 Å².